The highest BCUT2D eigenvalue weighted by molar-refractivity contribution is 6.31. The zero-order valence-corrected chi connectivity index (χ0v) is 16.7. The summed E-state index contributed by atoms with van der Waals surface area (Å²) in [4.78, 5) is 39.3. The van der Waals surface area contributed by atoms with E-state index in [2.05, 4.69) is 15.7 Å². The Kier molecular flexibility index (Phi) is 5.37. The number of nitrogens with one attached hydrogen (secondary N) is 1. The predicted molar refractivity (Wildman–Crippen MR) is 109 cm³/mol. The van der Waals surface area contributed by atoms with Gasteiger partial charge in [0.2, 0.25) is 5.91 Å². The maximum atomic E-state index is 12.9. The molecule has 2 atom stereocenters. The maximum Gasteiger partial charge on any atom is 0.263 e. The first-order valence-electron chi connectivity index (χ1n) is 9.32. The normalized spacial score (nSPS) is 19.9. The number of fused-ring (bicyclic) bond motifs is 1. The molecular formula is C20H18ClN5O4. The molecule has 0 saturated carbocycles. The highest BCUT2D eigenvalue weighted by Crippen LogP contribution is 2.33. The Morgan fingerprint density at radius 1 is 1.17 bits per heavy atom. The second-order valence-corrected chi connectivity index (χ2v) is 7.10. The van der Waals surface area contributed by atoms with Gasteiger partial charge in [0.05, 0.1) is 18.0 Å². The molecular weight excluding hydrogens is 410 g/mol. The van der Waals surface area contributed by atoms with Crippen LogP contribution in [0.25, 0.3) is 0 Å². The molecule has 9 nitrogen and oxygen atoms in total. The van der Waals surface area contributed by atoms with E-state index in [4.69, 9.17) is 16.3 Å². The van der Waals surface area contributed by atoms with E-state index < -0.39 is 29.8 Å². The lowest BCUT2D eigenvalue weighted by Crippen LogP contribution is -2.43. The van der Waals surface area contributed by atoms with E-state index in [0.29, 0.717) is 28.8 Å². The summed E-state index contributed by atoms with van der Waals surface area (Å²) in [7, 11) is 0. The van der Waals surface area contributed by atoms with Crippen LogP contribution in [0.1, 0.15) is 6.92 Å². The first-order valence-corrected chi connectivity index (χ1v) is 9.70. The van der Waals surface area contributed by atoms with Crippen LogP contribution in [-0.4, -0.2) is 48.0 Å². The average molecular weight is 428 g/mol. The van der Waals surface area contributed by atoms with Gasteiger partial charge in [-0.2, -0.15) is 5.11 Å². The Hall–Kier alpha value is -3.46. The highest BCUT2D eigenvalue weighted by Gasteiger charge is 2.55. The van der Waals surface area contributed by atoms with E-state index in [1.165, 1.54) is 11.1 Å². The molecule has 2 heterocycles. The molecule has 2 aliphatic rings. The van der Waals surface area contributed by atoms with Crippen LogP contribution in [-0.2, 0) is 14.4 Å². The summed E-state index contributed by atoms with van der Waals surface area (Å²) in [5.74, 6) is -0.878. The number of ether oxygens (including phenoxy) is 1. The molecule has 2 unspecified atom stereocenters. The van der Waals surface area contributed by atoms with E-state index in [1.807, 2.05) is 6.92 Å². The quantitative estimate of drug-likeness (QED) is 0.714. The molecule has 0 aromatic heterocycles. The molecule has 154 valence electrons. The van der Waals surface area contributed by atoms with Crippen molar-refractivity contribution >= 4 is 40.7 Å². The Bertz CT molecular complexity index is 1040. The molecule has 2 aromatic carbocycles. The van der Waals surface area contributed by atoms with Gasteiger partial charge in [0.1, 0.15) is 12.3 Å². The second kappa shape index (κ2) is 8.11. The summed E-state index contributed by atoms with van der Waals surface area (Å²) in [6.07, 6.45) is 0. The summed E-state index contributed by atoms with van der Waals surface area (Å²) >= 11 is 5.98. The van der Waals surface area contributed by atoms with E-state index in [1.54, 1.807) is 42.5 Å². The van der Waals surface area contributed by atoms with Crippen LogP contribution in [0.3, 0.4) is 0 Å². The fourth-order valence-electron chi connectivity index (χ4n) is 3.41. The smallest absolute Gasteiger partial charge is 0.263 e. The van der Waals surface area contributed by atoms with Crippen molar-refractivity contribution in [2.45, 2.75) is 19.0 Å². The number of carbonyl (C=O) groups is 3. The SMILES string of the molecule is CCOc1ccccc1NC(=O)CN1N=NC2C(=O)N(c3cccc(Cl)c3)C(=O)C21. The number of para-hydroxylation sites is 2. The van der Waals surface area contributed by atoms with Crippen LogP contribution >= 0.6 is 11.6 Å². The van der Waals surface area contributed by atoms with Crippen molar-refractivity contribution in [3.63, 3.8) is 0 Å². The molecule has 2 aliphatic heterocycles. The summed E-state index contributed by atoms with van der Waals surface area (Å²) in [5, 5.41) is 12.2. The summed E-state index contributed by atoms with van der Waals surface area (Å²) in [5.41, 5.74) is 0.864. The van der Waals surface area contributed by atoms with Crippen LogP contribution in [0.2, 0.25) is 5.02 Å². The third kappa shape index (κ3) is 3.59. The van der Waals surface area contributed by atoms with Gasteiger partial charge in [-0.05, 0) is 37.3 Å². The molecule has 2 aromatic rings. The molecule has 3 amide bonds. The topological polar surface area (TPSA) is 104 Å². The summed E-state index contributed by atoms with van der Waals surface area (Å²) < 4.78 is 5.49. The molecule has 30 heavy (non-hydrogen) atoms. The van der Waals surface area contributed by atoms with Crippen molar-refractivity contribution in [3.8, 4) is 5.75 Å². The minimum atomic E-state index is -0.986. The largest absolute Gasteiger partial charge is 0.492 e. The third-order valence-electron chi connectivity index (χ3n) is 4.69. The molecule has 0 radical (unpaired) electrons. The van der Waals surface area contributed by atoms with Crippen molar-refractivity contribution in [2.75, 3.05) is 23.4 Å². The second-order valence-electron chi connectivity index (χ2n) is 6.66. The maximum absolute atomic E-state index is 12.9. The number of halogens is 1. The minimum absolute atomic E-state index is 0.243. The van der Waals surface area contributed by atoms with Gasteiger partial charge in [-0.1, -0.05) is 35.0 Å². The Morgan fingerprint density at radius 2 is 1.97 bits per heavy atom. The lowest BCUT2D eigenvalue weighted by molar-refractivity contribution is -0.123. The molecule has 0 aliphatic carbocycles. The molecule has 1 fully saturated rings. The van der Waals surface area contributed by atoms with E-state index >= 15 is 0 Å². The molecule has 1 N–H and O–H groups in total. The molecule has 0 bridgehead atoms. The summed E-state index contributed by atoms with van der Waals surface area (Å²) in [6.45, 7) is 2.05. The van der Waals surface area contributed by atoms with E-state index in [9.17, 15) is 14.4 Å². The van der Waals surface area contributed by atoms with Gasteiger partial charge in [0.25, 0.3) is 11.8 Å². The van der Waals surface area contributed by atoms with E-state index in [-0.39, 0.29) is 6.54 Å². The van der Waals surface area contributed by atoms with Gasteiger partial charge in [0, 0.05) is 5.02 Å². The number of anilines is 2. The lowest BCUT2D eigenvalue weighted by atomic mass is 10.1. The van der Waals surface area contributed by atoms with Crippen LogP contribution in [0.5, 0.6) is 5.75 Å². The van der Waals surface area contributed by atoms with Crippen LogP contribution in [0, 0.1) is 0 Å². The number of hydrogen-bond acceptors (Lipinski definition) is 7. The number of rotatable bonds is 6. The molecule has 1 saturated heterocycles. The zero-order valence-electron chi connectivity index (χ0n) is 16.0. The first kappa shape index (κ1) is 19.8. The number of nitrogens with zero attached hydrogens (tertiary/aromatic N) is 4. The Balaban J connectivity index is 1.48. The Labute approximate surface area is 177 Å². The van der Waals surface area contributed by atoms with Crippen molar-refractivity contribution in [1.29, 1.82) is 0 Å². The van der Waals surface area contributed by atoms with Crippen LogP contribution in [0.4, 0.5) is 11.4 Å². The number of imide groups is 1. The van der Waals surface area contributed by atoms with Crippen molar-refractivity contribution < 1.29 is 19.1 Å². The fraction of sp³-hybridized carbons (Fsp3) is 0.250. The van der Waals surface area contributed by atoms with Crippen LogP contribution < -0.4 is 15.0 Å². The van der Waals surface area contributed by atoms with Gasteiger partial charge in [-0.3, -0.25) is 19.4 Å². The van der Waals surface area contributed by atoms with Gasteiger partial charge >= 0.3 is 0 Å². The van der Waals surface area contributed by atoms with Crippen molar-refractivity contribution in [2.24, 2.45) is 10.3 Å². The average Bonchev–Trinajstić information content (AvgIpc) is 3.23. The number of carbonyl (C=O) groups excluding carboxylic acids is 3. The van der Waals surface area contributed by atoms with Gasteiger partial charge in [-0.15, -0.1) is 0 Å². The predicted octanol–water partition coefficient (Wildman–Crippen LogP) is 2.67. The molecule has 10 heteroatoms. The number of amides is 3. The van der Waals surface area contributed by atoms with Gasteiger partial charge < -0.3 is 10.1 Å². The van der Waals surface area contributed by atoms with Gasteiger partial charge in [-0.25, -0.2) is 4.90 Å². The monoisotopic (exact) mass is 427 g/mol. The Morgan fingerprint density at radius 3 is 2.73 bits per heavy atom. The number of benzene rings is 2. The van der Waals surface area contributed by atoms with Crippen molar-refractivity contribution in [1.82, 2.24) is 5.01 Å². The summed E-state index contributed by atoms with van der Waals surface area (Å²) in [6, 6.07) is 11.5. The number of hydrogen-bond donors (Lipinski definition) is 1. The van der Waals surface area contributed by atoms with Crippen LogP contribution in [0.15, 0.2) is 58.9 Å². The standard InChI is InChI=1S/C20H18ClN5O4/c1-2-30-15-9-4-3-8-14(15)22-16(27)11-25-18-17(23-24-25)19(28)26(20(18)29)13-7-5-6-12(21)10-13/h3-10,17-18H,2,11H2,1H3,(H,22,27). The fourth-order valence-corrected chi connectivity index (χ4v) is 3.60. The van der Waals surface area contributed by atoms with Crippen molar-refractivity contribution in [3.05, 3.63) is 53.6 Å². The van der Waals surface area contributed by atoms with E-state index in [0.717, 1.165) is 4.90 Å². The molecule has 4 rings (SSSR count). The van der Waals surface area contributed by atoms with Gasteiger partial charge in [0.15, 0.2) is 12.1 Å². The third-order valence-corrected chi connectivity index (χ3v) is 4.93. The zero-order chi connectivity index (χ0) is 21.3. The highest BCUT2D eigenvalue weighted by atomic mass is 35.5. The minimum Gasteiger partial charge on any atom is -0.492 e. The molecule has 0 spiro atoms. The lowest BCUT2D eigenvalue weighted by Gasteiger charge is -2.20. The first-order chi connectivity index (χ1) is 14.5.